The summed E-state index contributed by atoms with van der Waals surface area (Å²) < 4.78 is 22.4. The van der Waals surface area contributed by atoms with Gasteiger partial charge in [0.25, 0.3) is 0 Å². The molecule has 0 saturated carbocycles. The molecule has 0 bridgehead atoms. The number of hydrogen-bond acceptors (Lipinski definition) is 13. The molecule has 10 atom stereocenters. The number of aliphatic hydroxyl groups excluding tert-OH is 1. The van der Waals surface area contributed by atoms with Crippen molar-refractivity contribution in [3.05, 3.63) is 29.8 Å². The first-order valence-corrected chi connectivity index (χ1v) is 22.7. The number of methoxy groups -OCH3 is 1. The van der Waals surface area contributed by atoms with Gasteiger partial charge in [-0.1, -0.05) is 60.1 Å². The molecule has 4 N–H and O–H groups in total. The average molecular weight is 916 g/mol. The molecule has 5 amide bonds. The van der Waals surface area contributed by atoms with Gasteiger partial charge in [0, 0.05) is 20.0 Å². The molecule has 0 radical (unpaired) electrons. The number of rotatable bonds is 9. The Hall–Kier alpha value is -5.26. The Balaban J connectivity index is 2.21. The van der Waals surface area contributed by atoms with Gasteiger partial charge >= 0.3 is 18.0 Å². The van der Waals surface area contributed by atoms with Gasteiger partial charge in [0.2, 0.25) is 23.6 Å². The van der Waals surface area contributed by atoms with Gasteiger partial charge in [-0.15, -0.1) is 0 Å². The van der Waals surface area contributed by atoms with Crippen LogP contribution < -0.4 is 20.7 Å². The van der Waals surface area contributed by atoms with Crippen LogP contribution >= 0.6 is 0 Å². The maximum atomic E-state index is 14.6. The molecule has 2 aliphatic heterocycles. The van der Waals surface area contributed by atoms with Crippen molar-refractivity contribution in [2.45, 2.75) is 169 Å². The van der Waals surface area contributed by atoms with E-state index in [1.54, 1.807) is 72.7 Å². The fourth-order valence-electron chi connectivity index (χ4n) is 7.90. The molecule has 2 heterocycles. The second-order valence-corrected chi connectivity index (χ2v) is 19.1. The lowest BCUT2D eigenvalue weighted by Gasteiger charge is -2.35. The van der Waals surface area contributed by atoms with Crippen LogP contribution in [0.4, 0.5) is 4.79 Å². The molecule has 65 heavy (non-hydrogen) atoms. The number of likely N-dealkylation sites (N-methyl/N-ethyl adjacent to an activating group) is 1. The van der Waals surface area contributed by atoms with Crippen LogP contribution in [0.15, 0.2) is 24.3 Å². The lowest BCUT2D eigenvalue weighted by Crippen LogP contribution is -2.60. The number of benzene rings is 1. The van der Waals surface area contributed by atoms with Crippen LogP contribution in [0.2, 0.25) is 0 Å². The molecule has 0 aromatic heterocycles. The molecular formula is C47H73N5O13. The van der Waals surface area contributed by atoms with Gasteiger partial charge in [-0.25, -0.2) is 9.59 Å². The standard InChI is InChI=1S/C47H73N5O13/c1-14-27(6)37-35(53)24-36(54)64-40(26(4)5)39(55)28(7)41(56)48-32(22-25(2)3)43(58)52-21-15-16-33(52)44(59)51(12)34(23-30-17-19-31(62-13)20-18-30)45(60)63-29(8)38(42(57)49-37)50-46(61)65-47(9,10)11/h17-20,25-29,32-35,37-38,40,53H,14-16,21-24H2,1-13H3,(H,48,56)(H,49,57)(H,50,61)/t27-,28-,29-,32+,33-,34-,35+,37+,38-,40+/m0/s1. The Morgan fingerprint density at radius 1 is 0.938 bits per heavy atom. The van der Waals surface area contributed by atoms with Crippen LogP contribution in [-0.2, 0) is 54.2 Å². The van der Waals surface area contributed by atoms with Crippen molar-refractivity contribution in [2.75, 3.05) is 20.7 Å². The SMILES string of the molecule is CC[C@H](C)[C@H]1NC(=O)[C@@H](NC(=O)OC(C)(C)C)[C@H](C)OC(=O)[C@H](Cc2ccc(OC)cc2)N(C)C(=O)[C@@H]2CCCN2C(=O)[C@@H](CC(C)C)NC(=O)[C@@H](C)C(=O)[C@@H](C(C)C)OC(=O)C[C@H]1O. The summed E-state index contributed by atoms with van der Waals surface area (Å²) >= 11 is 0. The van der Waals surface area contributed by atoms with Gasteiger partial charge < -0.3 is 49.8 Å². The lowest BCUT2D eigenvalue weighted by atomic mass is 9.91. The third-order valence-electron chi connectivity index (χ3n) is 11.9. The maximum Gasteiger partial charge on any atom is 0.408 e. The van der Waals surface area contributed by atoms with E-state index < -0.39 is 126 Å². The zero-order valence-electron chi connectivity index (χ0n) is 40.4. The number of hydrogen-bond donors (Lipinski definition) is 4. The smallest absolute Gasteiger partial charge is 0.408 e. The highest BCUT2D eigenvalue weighted by Crippen LogP contribution is 2.26. The van der Waals surface area contributed by atoms with Gasteiger partial charge in [0.05, 0.1) is 31.6 Å². The van der Waals surface area contributed by atoms with E-state index in [0.717, 1.165) is 0 Å². The summed E-state index contributed by atoms with van der Waals surface area (Å²) in [6.07, 6.45) is -4.87. The highest BCUT2D eigenvalue weighted by Gasteiger charge is 2.44. The van der Waals surface area contributed by atoms with Crippen LogP contribution in [0.3, 0.4) is 0 Å². The number of aliphatic hydroxyl groups is 1. The fourth-order valence-corrected chi connectivity index (χ4v) is 7.90. The van der Waals surface area contributed by atoms with E-state index in [2.05, 4.69) is 16.0 Å². The minimum atomic E-state index is -1.63. The van der Waals surface area contributed by atoms with Crippen molar-refractivity contribution in [3.8, 4) is 5.75 Å². The van der Waals surface area contributed by atoms with Crippen molar-refractivity contribution >= 4 is 47.4 Å². The molecule has 2 fully saturated rings. The zero-order valence-corrected chi connectivity index (χ0v) is 40.4. The summed E-state index contributed by atoms with van der Waals surface area (Å²) in [5.41, 5.74) is -0.377. The summed E-state index contributed by atoms with van der Waals surface area (Å²) in [5.74, 6) is -7.44. The number of esters is 2. The van der Waals surface area contributed by atoms with Crippen LogP contribution in [-0.4, -0.2) is 137 Å². The molecule has 18 nitrogen and oxygen atoms in total. The predicted octanol–water partition coefficient (Wildman–Crippen LogP) is 3.48. The number of cyclic esters (lactones) is 2. The summed E-state index contributed by atoms with van der Waals surface area (Å²) in [6.45, 7) is 18.3. The highest BCUT2D eigenvalue weighted by atomic mass is 16.6. The van der Waals surface area contributed by atoms with E-state index >= 15 is 0 Å². The summed E-state index contributed by atoms with van der Waals surface area (Å²) in [6, 6.07) is 0.566. The summed E-state index contributed by atoms with van der Waals surface area (Å²) in [5, 5.41) is 19.5. The molecule has 364 valence electrons. The molecular weight excluding hydrogens is 843 g/mol. The van der Waals surface area contributed by atoms with E-state index in [4.69, 9.17) is 18.9 Å². The van der Waals surface area contributed by atoms with Crippen LogP contribution in [0.5, 0.6) is 5.75 Å². The van der Waals surface area contributed by atoms with Crippen molar-refractivity contribution in [1.29, 1.82) is 0 Å². The molecule has 0 aliphatic carbocycles. The fraction of sp³-hybridized carbons (Fsp3) is 0.702. The van der Waals surface area contributed by atoms with E-state index in [1.165, 1.54) is 37.8 Å². The van der Waals surface area contributed by atoms with E-state index in [9.17, 15) is 43.5 Å². The number of carbonyl (C=O) groups is 8. The van der Waals surface area contributed by atoms with Gasteiger partial charge in [-0.2, -0.15) is 0 Å². The van der Waals surface area contributed by atoms with E-state index in [1.807, 2.05) is 13.8 Å². The first-order chi connectivity index (χ1) is 30.3. The molecule has 2 saturated heterocycles. The largest absolute Gasteiger partial charge is 0.497 e. The summed E-state index contributed by atoms with van der Waals surface area (Å²) in [4.78, 5) is 115. The Bertz CT molecular complexity index is 1850. The quantitative estimate of drug-likeness (QED) is 0.158. The monoisotopic (exact) mass is 916 g/mol. The minimum Gasteiger partial charge on any atom is -0.497 e. The van der Waals surface area contributed by atoms with Crippen molar-refractivity contribution in [3.63, 3.8) is 0 Å². The number of nitrogens with zero attached hydrogens (tertiary/aromatic N) is 2. The van der Waals surface area contributed by atoms with Crippen LogP contribution in [0.25, 0.3) is 0 Å². The third kappa shape index (κ3) is 15.1. The van der Waals surface area contributed by atoms with Crippen molar-refractivity contribution in [2.24, 2.45) is 23.7 Å². The Morgan fingerprint density at radius 3 is 2.12 bits per heavy atom. The molecule has 0 spiro atoms. The molecule has 18 heteroatoms. The van der Waals surface area contributed by atoms with Gasteiger partial charge in [-0.05, 0) is 89.3 Å². The molecule has 0 unspecified atom stereocenters. The molecule has 1 aromatic carbocycles. The van der Waals surface area contributed by atoms with Gasteiger partial charge in [0.1, 0.15) is 41.6 Å². The number of ether oxygens (including phenoxy) is 4. The lowest BCUT2D eigenvalue weighted by molar-refractivity contribution is -0.162. The van der Waals surface area contributed by atoms with Crippen molar-refractivity contribution < 1.29 is 62.4 Å². The number of Topliss-reactive ketones (excluding diaryl/α,β-unsaturated/α-hetero) is 1. The van der Waals surface area contributed by atoms with Gasteiger partial charge in [-0.3, -0.25) is 28.8 Å². The third-order valence-corrected chi connectivity index (χ3v) is 11.9. The van der Waals surface area contributed by atoms with Gasteiger partial charge in [0.15, 0.2) is 11.9 Å². The molecule has 1 aromatic rings. The predicted molar refractivity (Wildman–Crippen MR) is 239 cm³/mol. The normalized spacial score (nSPS) is 27.9. The van der Waals surface area contributed by atoms with Crippen LogP contribution in [0.1, 0.15) is 114 Å². The first-order valence-electron chi connectivity index (χ1n) is 22.7. The topological polar surface area (TPSA) is 236 Å². The zero-order chi connectivity index (χ0) is 49.1. The number of amides is 5. The number of ketones is 1. The van der Waals surface area contributed by atoms with E-state index in [0.29, 0.717) is 24.2 Å². The average Bonchev–Trinajstić information content (AvgIpc) is 3.72. The van der Waals surface area contributed by atoms with Crippen LogP contribution in [0, 0.1) is 23.7 Å². The number of fused-ring (bicyclic) bond motifs is 1. The Morgan fingerprint density at radius 2 is 1.57 bits per heavy atom. The maximum absolute atomic E-state index is 14.6. The highest BCUT2D eigenvalue weighted by molar-refractivity contribution is 6.05. The number of alkyl carbamates (subject to hydrolysis) is 1. The Kier molecular flexibility index (Phi) is 19.8. The first kappa shape index (κ1) is 54.1. The van der Waals surface area contributed by atoms with E-state index in [-0.39, 0.29) is 31.7 Å². The van der Waals surface area contributed by atoms with Crippen molar-refractivity contribution in [1.82, 2.24) is 25.8 Å². The number of carbonyl (C=O) groups excluding carboxylic acids is 8. The summed E-state index contributed by atoms with van der Waals surface area (Å²) in [7, 11) is 2.92. The Labute approximate surface area is 383 Å². The minimum absolute atomic E-state index is 0.0670. The molecule has 3 rings (SSSR count). The number of nitrogens with one attached hydrogen (secondary N) is 3. The second kappa shape index (κ2) is 23.8. The molecule has 2 aliphatic rings. The second-order valence-electron chi connectivity index (χ2n) is 19.1.